The van der Waals surface area contributed by atoms with Crippen LogP contribution in [0.3, 0.4) is 0 Å². The van der Waals surface area contributed by atoms with Gasteiger partial charge >= 0.3 is 0 Å². The standard InChI is InChI=1S/C12H12N2O2/c1-9-2-4-10(5-3-9)12(15)13-6-11-7-16-8-14-11/h2-5,7-8H,6H2,1H3,(H,13,15). The minimum Gasteiger partial charge on any atom is -0.451 e. The lowest BCUT2D eigenvalue weighted by Crippen LogP contribution is -2.22. The van der Waals surface area contributed by atoms with Crippen LogP contribution in [0.2, 0.25) is 0 Å². The van der Waals surface area contributed by atoms with E-state index in [1.165, 1.54) is 12.7 Å². The molecule has 1 heterocycles. The van der Waals surface area contributed by atoms with Crippen molar-refractivity contribution in [1.82, 2.24) is 10.3 Å². The SMILES string of the molecule is Cc1ccc(C(=O)NCc2cocn2)cc1. The van der Waals surface area contributed by atoms with Crippen molar-refractivity contribution in [1.29, 1.82) is 0 Å². The minimum atomic E-state index is -0.108. The number of benzene rings is 1. The van der Waals surface area contributed by atoms with Gasteiger partial charge in [-0.3, -0.25) is 4.79 Å². The summed E-state index contributed by atoms with van der Waals surface area (Å²) in [4.78, 5) is 15.6. The Hall–Kier alpha value is -2.10. The molecular formula is C12H12N2O2. The van der Waals surface area contributed by atoms with Gasteiger partial charge in [-0.25, -0.2) is 4.98 Å². The molecule has 1 aromatic heterocycles. The fraction of sp³-hybridized carbons (Fsp3) is 0.167. The summed E-state index contributed by atoms with van der Waals surface area (Å²) in [6, 6.07) is 7.41. The van der Waals surface area contributed by atoms with Crippen LogP contribution in [0.15, 0.2) is 41.3 Å². The second-order valence-corrected chi connectivity index (χ2v) is 3.53. The van der Waals surface area contributed by atoms with Gasteiger partial charge in [-0.05, 0) is 19.1 Å². The Morgan fingerprint density at radius 1 is 1.38 bits per heavy atom. The first kappa shape index (κ1) is 10.4. The van der Waals surface area contributed by atoms with Crippen molar-refractivity contribution in [2.24, 2.45) is 0 Å². The summed E-state index contributed by atoms with van der Waals surface area (Å²) >= 11 is 0. The number of carbonyl (C=O) groups is 1. The van der Waals surface area contributed by atoms with E-state index in [1.54, 1.807) is 12.1 Å². The molecule has 1 N–H and O–H groups in total. The first-order valence-electron chi connectivity index (χ1n) is 4.97. The molecule has 0 aliphatic carbocycles. The van der Waals surface area contributed by atoms with Crippen molar-refractivity contribution >= 4 is 5.91 Å². The minimum absolute atomic E-state index is 0.108. The van der Waals surface area contributed by atoms with Gasteiger partial charge in [-0.15, -0.1) is 0 Å². The fourth-order valence-electron chi connectivity index (χ4n) is 1.30. The van der Waals surface area contributed by atoms with Gasteiger partial charge in [0.2, 0.25) is 0 Å². The topological polar surface area (TPSA) is 55.1 Å². The average Bonchev–Trinajstić information content (AvgIpc) is 2.80. The molecule has 0 atom stereocenters. The molecule has 2 rings (SSSR count). The van der Waals surface area contributed by atoms with Crippen LogP contribution in [0.25, 0.3) is 0 Å². The van der Waals surface area contributed by atoms with E-state index < -0.39 is 0 Å². The molecule has 0 saturated carbocycles. The van der Waals surface area contributed by atoms with Gasteiger partial charge in [-0.1, -0.05) is 17.7 Å². The lowest BCUT2D eigenvalue weighted by atomic mass is 10.1. The lowest BCUT2D eigenvalue weighted by Gasteiger charge is -2.03. The van der Waals surface area contributed by atoms with E-state index in [4.69, 9.17) is 4.42 Å². The second-order valence-electron chi connectivity index (χ2n) is 3.53. The van der Waals surface area contributed by atoms with Crippen molar-refractivity contribution in [3.05, 3.63) is 53.7 Å². The number of rotatable bonds is 3. The predicted molar refractivity (Wildman–Crippen MR) is 58.9 cm³/mol. The van der Waals surface area contributed by atoms with Gasteiger partial charge in [-0.2, -0.15) is 0 Å². The van der Waals surface area contributed by atoms with Gasteiger partial charge < -0.3 is 9.73 Å². The third kappa shape index (κ3) is 2.48. The van der Waals surface area contributed by atoms with Crippen LogP contribution in [0.4, 0.5) is 0 Å². The van der Waals surface area contributed by atoms with Crippen molar-refractivity contribution in [2.75, 3.05) is 0 Å². The van der Waals surface area contributed by atoms with Crippen LogP contribution in [0.5, 0.6) is 0 Å². The molecule has 16 heavy (non-hydrogen) atoms. The Balaban J connectivity index is 1.95. The van der Waals surface area contributed by atoms with Crippen molar-refractivity contribution < 1.29 is 9.21 Å². The van der Waals surface area contributed by atoms with Gasteiger partial charge in [0.25, 0.3) is 5.91 Å². The molecule has 1 aromatic carbocycles. The molecule has 0 aliphatic heterocycles. The number of aromatic nitrogens is 1. The zero-order valence-corrected chi connectivity index (χ0v) is 8.93. The normalized spacial score (nSPS) is 10.1. The van der Waals surface area contributed by atoms with Crippen LogP contribution >= 0.6 is 0 Å². The number of carbonyl (C=O) groups excluding carboxylic acids is 1. The van der Waals surface area contributed by atoms with E-state index in [-0.39, 0.29) is 5.91 Å². The quantitative estimate of drug-likeness (QED) is 0.852. The fourth-order valence-corrected chi connectivity index (χ4v) is 1.30. The maximum atomic E-state index is 11.7. The highest BCUT2D eigenvalue weighted by Gasteiger charge is 2.05. The third-order valence-electron chi connectivity index (χ3n) is 2.23. The summed E-state index contributed by atoms with van der Waals surface area (Å²) in [6.45, 7) is 2.36. The zero-order valence-electron chi connectivity index (χ0n) is 8.93. The molecule has 0 bridgehead atoms. The van der Waals surface area contributed by atoms with Crippen molar-refractivity contribution in [3.63, 3.8) is 0 Å². The number of nitrogens with one attached hydrogen (secondary N) is 1. The summed E-state index contributed by atoms with van der Waals surface area (Å²) in [5.74, 6) is -0.108. The zero-order chi connectivity index (χ0) is 11.4. The van der Waals surface area contributed by atoms with Gasteiger partial charge in [0.15, 0.2) is 6.39 Å². The summed E-state index contributed by atoms with van der Waals surface area (Å²) in [7, 11) is 0. The molecule has 0 spiro atoms. The Morgan fingerprint density at radius 3 is 2.75 bits per heavy atom. The molecule has 0 saturated heterocycles. The molecule has 2 aromatic rings. The predicted octanol–water partition coefficient (Wildman–Crippen LogP) is 1.91. The van der Waals surface area contributed by atoms with E-state index in [0.29, 0.717) is 17.8 Å². The highest BCUT2D eigenvalue weighted by Crippen LogP contribution is 2.03. The molecular weight excluding hydrogens is 204 g/mol. The molecule has 4 nitrogen and oxygen atoms in total. The van der Waals surface area contributed by atoms with Crippen LogP contribution < -0.4 is 5.32 Å². The molecule has 0 radical (unpaired) electrons. The first-order chi connectivity index (χ1) is 7.75. The highest BCUT2D eigenvalue weighted by molar-refractivity contribution is 5.94. The third-order valence-corrected chi connectivity index (χ3v) is 2.23. The Kier molecular flexibility index (Phi) is 3.00. The summed E-state index contributed by atoms with van der Waals surface area (Å²) in [5, 5.41) is 2.76. The Labute approximate surface area is 93.3 Å². The Bertz CT molecular complexity index is 460. The molecule has 1 amide bonds. The van der Waals surface area contributed by atoms with Crippen LogP contribution in [-0.2, 0) is 6.54 Å². The van der Waals surface area contributed by atoms with E-state index in [0.717, 1.165) is 5.56 Å². The largest absolute Gasteiger partial charge is 0.451 e. The lowest BCUT2D eigenvalue weighted by molar-refractivity contribution is 0.0950. The number of hydrogen-bond donors (Lipinski definition) is 1. The molecule has 82 valence electrons. The smallest absolute Gasteiger partial charge is 0.251 e. The molecule has 4 heteroatoms. The number of oxazole rings is 1. The molecule has 0 fully saturated rings. The van der Waals surface area contributed by atoms with Crippen LogP contribution in [-0.4, -0.2) is 10.9 Å². The average molecular weight is 216 g/mol. The first-order valence-corrected chi connectivity index (χ1v) is 4.97. The van der Waals surface area contributed by atoms with E-state index in [1.807, 2.05) is 19.1 Å². The Morgan fingerprint density at radius 2 is 2.12 bits per heavy atom. The van der Waals surface area contributed by atoms with Crippen molar-refractivity contribution in [2.45, 2.75) is 13.5 Å². The van der Waals surface area contributed by atoms with E-state index in [2.05, 4.69) is 10.3 Å². The number of aryl methyl sites for hydroxylation is 1. The molecule has 0 unspecified atom stereocenters. The van der Waals surface area contributed by atoms with Crippen LogP contribution in [0.1, 0.15) is 21.6 Å². The van der Waals surface area contributed by atoms with E-state index in [9.17, 15) is 4.79 Å². The number of nitrogens with zero attached hydrogens (tertiary/aromatic N) is 1. The summed E-state index contributed by atoms with van der Waals surface area (Å²) in [5.41, 5.74) is 2.49. The summed E-state index contributed by atoms with van der Waals surface area (Å²) in [6.07, 6.45) is 2.85. The number of hydrogen-bond acceptors (Lipinski definition) is 3. The second kappa shape index (κ2) is 4.61. The monoisotopic (exact) mass is 216 g/mol. The van der Waals surface area contributed by atoms with Crippen molar-refractivity contribution in [3.8, 4) is 0 Å². The number of amides is 1. The maximum Gasteiger partial charge on any atom is 0.251 e. The van der Waals surface area contributed by atoms with Gasteiger partial charge in [0, 0.05) is 5.56 Å². The molecule has 0 aliphatic rings. The highest BCUT2D eigenvalue weighted by atomic mass is 16.3. The van der Waals surface area contributed by atoms with E-state index >= 15 is 0 Å². The van der Waals surface area contributed by atoms with Crippen LogP contribution in [0, 0.1) is 6.92 Å². The maximum absolute atomic E-state index is 11.7. The van der Waals surface area contributed by atoms with Gasteiger partial charge in [0.1, 0.15) is 6.26 Å². The van der Waals surface area contributed by atoms with Gasteiger partial charge in [0.05, 0.1) is 12.2 Å². The summed E-state index contributed by atoms with van der Waals surface area (Å²) < 4.78 is 4.81.